The summed E-state index contributed by atoms with van der Waals surface area (Å²) in [4.78, 5) is 0. The predicted molar refractivity (Wildman–Crippen MR) is 0.686 cm³/mol. The molecule has 0 aromatic carbocycles. The number of hydrogen-bond donors (Lipinski definition) is 0. The number of halogens is 1. The van der Waals surface area contributed by atoms with E-state index in [4.69, 9.17) is 3.83 Å². The molecule has 25 valence electrons. The van der Waals surface area contributed by atoms with Crippen LogP contribution in [0.5, 0.6) is 0 Å². The molecule has 0 aliphatic heterocycles. The molecule has 0 aliphatic rings. The van der Waals surface area contributed by atoms with Crippen LogP contribution in [0.3, 0.4) is 0 Å². The van der Waals surface area contributed by atoms with E-state index in [9.17, 15) is 0 Å². The van der Waals surface area contributed by atoms with Crippen molar-refractivity contribution in [1.82, 2.24) is 0 Å². The summed E-state index contributed by atoms with van der Waals surface area (Å²) < 4.78 is 7.81. The van der Waals surface area contributed by atoms with Gasteiger partial charge in [-0.05, 0) is 0 Å². The molecule has 0 amide bonds. The molecule has 0 aliphatic carbocycles. The molecule has 1 nitrogen and oxygen atoms in total. The number of rotatable bonds is 0. The molecule has 0 heterocycles. The van der Waals surface area contributed by atoms with E-state index in [1.807, 2.05) is 0 Å². The molecule has 0 saturated carbocycles. The normalized spacial score (nSPS) is 1.50. The Morgan fingerprint density at radius 2 is 1.25 bits per heavy atom. The SMILES string of the molecule is [Cl-].[Cs+].[O]=[Cu]. The Balaban J connectivity index is -0.00000000500. The van der Waals surface area contributed by atoms with Crippen LogP contribution >= 0.6 is 0 Å². The van der Waals surface area contributed by atoms with Gasteiger partial charge in [0.25, 0.3) is 0 Å². The fourth-order valence-corrected chi connectivity index (χ4v) is 0. The molecule has 0 unspecified atom stereocenters. The van der Waals surface area contributed by atoms with Gasteiger partial charge in [-0.2, -0.15) is 0 Å². The van der Waals surface area contributed by atoms with Crippen molar-refractivity contribution in [3.8, 4) is 0 Å². The number of hydrogen-bond acceptors (Lipinski definition) is 1. The first kappa shape index (κ1) is 15.9. The third-order valence-electron chi connectivity index (χ3n) is 0. The van der Waals surface area contributed by atoms with Gasteiger partial charge in [-0.3, -0.25) is 0 Å². The molecule has 0 radical (unpaired) electrons. The first-order chi connectivity index (χ1) is 1.00. The van der Waals surface area contributed by atoms with Crippen molar-refractivity contribution >= 4 is 0 Å². The van der Waals surface area contributed by atoms with Crippen LogP contribution in [0.4, 0.5) is 0 Å². The van der Waals surface area contributed by atoms with Gasteiger partial charge in [-0.1, -0.05) is 0 Å². The van der Waals surface area contributed by atoms with Crippen LogP contribution in [-0.4, -0.2) is 0 Å². The average Bonchev–Trinajstić information content (AvgIpc) is 1.00. The summed E-state index contributed by atoms with van der Waals surface area (Å²) in [6.07, 6.45) is 0. The maximum atomic E-state index is 7.81. The predicted octanol–water partition coefficient (Wildman–Crippen LogP) is -6.11. The van der Waals surface area contributed by atoms with Crippen LogP contribution in [0.2, 0.25) is 0 Å². The second-order valence-electron chi connectivity index (χ2n) is 0. The van der Waals surface area contributed by atoms with Gasteiger partial charge >= 0.3 is 88.7 Å². The Hall–Kier alpha value is 2.66. The molecule has 0 rings (SSSR count). The molecule has 0 N–H and O–H groups in total. The molecular weight excluding hydrogens is 248 g/mol. The fraction of sp³-hybridized carbons (Fsp3) is 0. The molecule has 0 atom stereocenters. The van der Waals surface area contributed by atoms with E-state index in [2.05, 4.69) is 15.9 Å². The third kappa shape index (κ3) is 8.82. The van der Waals surface area contributed by atoms with E-state index in [1.165, 1.54) is 0 Å². The van der Waals surface area contributed by atoms with Crippen LogP contribution in [0.1, 0.15) is 0 Å². The van der Waals surface area contributed by atoms with E-state index in [0.29, 0.717) is 0 Å². The first-order valence-electron chi connectivity index (χ1n) is 0.123. The van der Waals surface area contributed by atoms with Crippen molar-refractivity contribution in [1.29, 1.82) is 0 Å². The van der Waals surface area contributed by atoms with Gasteiger partial charge < -0.3 is 12.4 Å². The Kier molecular flexibility index (Phi) is 69.2. The van der Waals surface area contributed by atoms with Crippen molar-refractivity contribution in [2.24, 2.45) is 0 Å². The molecule has 0 bridgehead atoms. The van der Waals surface area contributed by atoms with Crippen LogP contribution in [0.25, 0.3) is 0 Å². The van der Waals surface area contributed by atoms with Gasteiger partial charge in [0.1, 0.15) is 0 Å². The molecule has 0 saturated heterocycles. The second-order valence-corrected chi connectivity index (χ2v) is 0. The summed E-state index contributed by atoms with van der Waals surface area (Å²) in [6.45, 7) is 0. The van der Waals surface area contributed by atoms with Crippen LogP contribution in [0.15, 0.2) is 0 Å². The standard InChI is InChI=1S/ClH.Cs.Cu.O/h1H;;;/q;+1;;/p-1. The monoisotopic (exact) mass is 247 g/mol. The minimum absolute atomic E-state index is 0. The summed E-state index contributed by atoms with van der Waals surface area (Å²) in [5.41, 5.74) is 0. The van der Waals surface area contributed by atoms with Gasteiger partial charge in [-0.15, -0.1) is 0 Å². The van der Waals surface area contributed by atoms with E-state index in [1.54, 1.807) is 0 Å². The quantitative estimate of drug-likeness (QED) is 0.390. The Morgan fingerprint density at radius 1 is 1.25 bits per heavy atom. The van der Waals surface area contributed by atoms with Crippen molar-refractivity contribution in [2.75, 3.05) is 0 Å². The zero-order chi connectivity index (χ0) is 2.00. The summed E-state index contributed by atoms with van der Waals surface area (Å²) in [5, 5.41) is 0. The maximum absolute atomic E-state index is 7.81. The van der Waals surface area contributed by atoms with Crippen LogP contribution in [-0.2, 0) is 19.8 Å². The van der Waals surface area contributed by atoms with Gasteiger partial charge in [0.05, 0.1) is 0 Å². The molecule has 0 fully saturated rings. The van der Waals surface area contributed by atoms with Gasteiger partial charge in [0.2, 0.25) is 0 Å². The van der Waals surface area contributed by atoms with E-state index >= 15 is 0 Å². The summed E-state index contributed by atoms with van der Waals surface area (Å²) in [7, 11) is 0. The van der Waals surface area contributed by atoms with Gasteiger partial charge in [-0.25, -0.2) is 0 Å². The van der Waals surface area contributed by atoms with E-state index < -0.39 is 0 Å². The molecule has 0 spiro atoms. The zero-order valence-corrected chi connectivity index (χ0v) is 10.1. The zero-order valence-electron chi connectivity index (χ0n) is 2.09. The Labute approximate surface area is 98.1 Å². The third-order valence-corrected chi connectivity index (χ3v) is 0. The van der Waals surface area contributed by atoms with Crippen molar-refractivity contribution < 1.29 is 101 Å². The molecular formula is ClCsCuO. The topological polar surface area (TPSA) is 17.1 Å². The van der Waals surface area contributed by atoms with E-state index in [-0.39, 0.29) is 81.3 Å². The molecule has 0 aromatic heterocycles. The van der Waals surface area contributed by atoms with Crippen LogP contribution in [0, 0.1) is 0 Å². The summed E-state index contributed by atoms with van der Waals surface area (Å²) in [5.74, 6) is 0. The van der Waals surface area contributed by atoms with Crippen molar-refractivity contribution in [2.45, 2.75) is 0 Å². The average molecular weight is 248 g/mol. The second kappa shape index (κ2) is 17.4. The summed E-state index contributed by atoms with van der Waals surface area (Å²) >= 11 is 2.94. The molecule has 4 heteroatoms. The summed E-state index contributed by atoms with van der Waals surface area (Å²) in [6, 6.07) is 0. The van der Waals surface area contributed by atoms with Gasteiger partial charge in [0.15, 0.2) is 0 Å². The van der Waals surface area contributed by atoms with E-state index in [0.717, 1.165) is 0 Å². The Bertz CT molecular complexity index is 8.00. The minimum atomic E-state index is 0. The Morgan fingerprint density at radius 3 is 1.25 bits per heavy atom. The van der Waals surface area contributed by atoms with Crippen LogP contribution < -0.4 is 81.3 Å². The van der Waals surface area contributed by atoms with Crippen molar-refractivity contribution in [3.63, 3.8) is 0 Å². The first-order valence-corrected chi connectivity index (χ1v) is 0.508. The molecule has 4 heavy (non-hydrogen) atoms. The van der Waals surface area contributed by atoms with Crippen molar-refractivity contribution in [3.05, 3.63) is 0 Å². The molecule has 0 aromatic rings. The fourth-order valence-electron chi connectivity index (χ4n) is 0. The van der Waals surface area contributed by atoms with Gasteiger partial charge in [0, 0.05) is 0 Å².